The molecule has 6 heteroatoms. The number of nitrogens with zero attached hydrogens (tertiary/aromatic N) is 1. The average Bonchev–Trinajstić information content (AvgIpc) is 2.33. The maximum Gasteiger partial charge on any atom is 0.264 e. The number of rotatable bonds is 3. The Morgan fingerprint density at radius 2 is 1.85 bits per heavy atom. The number of hydrogen-bond acceptors (Lipinski definition) is 4. The van der Waals surface area contributed by atoms with Crippen LogP contribution in [0.4, 0.5) is 11.4 Å². The van der Waals surface area contributed by atoms with Gasteiger partial charge in [-0.25, -0.2) is 8.42 Å². The number of anilines is 2. The molecule has 0 atom stereocenters. The van der Waals surface area contributed by atoms with Crippen molar-refractivity contribution in [3.8, 4) is 0 Å². The molecule has 106 valence electrons. The number of nitrogens with one attached hydrogen (secondary N) is 1. The van der Waals surface area contributed by atoms with Crippen LogP contribution in [0.2, 0.25) is 0 Å². The first-order valence-electron chi connectivity index (χ1n) is 6.12. The van der Waals surface area contributed by atoms with Gasteiger partial charge in [-0.05, 0) is 50.1 Å². The van der Waals surface area contributed by atoms with Crippen molar-refractivity contribution in [3.63, 3.8) is 0 Å². The average molecular weight is 291 g/mol. The first kappa shape index (κ1) is 14.3. The lowest BCUT2D eigenvalue weighted by Crippen LogP contribution is -2.17. The second-order valence-electron chi connectivity index (χ2n) is 4.72. The zero-order valence-electron chi connectivity index (χ0n) is 11.6. The number of hydrogen-bond donors (Lipinski definition) is 2. The topological polar surface area (TPSA) is 85.1 Å². The summed E-state index contributed by atoms with van der Waals surface area (Å²) in [6, 6.07) is 6.68. The van der Waals surface area contributed by atoms with E-state index in [4.69, 9.17) is 5.73 Å². The van der Waals surface area contributed by atoms with E-state index in [1.165, 1.54) is 0 Å². The minimum Gasteiger partial charge on any atom is -0.398 e. The molecule has 0 saturated carbocycles. The molecule has 20 heavy (non-hydrogen) atoms. The van der Waals surface area contributed by atoms with Gasteiger partial charge >= 0.3 is 0 Å². The molecule has 0 bridgehead atoms. The van der Waals surface area contributed by atoms with Crippen molar-refractivity contribution >= 4 is 21.4 Å². The molecule has 0 aliphatic heterocycles. The predicted molar refractivity (Wildman–Crippen MR) is 80.1 cm³/mol. The number of pyridine rings is 1. The van der Waals surface area contributed by atoms with Crippen molar-refractivity contribution in [2.75, 3.05) is 10.5 Å². The van der Waals surface area contributed by atoms with E-state index in [2.05, 4.69) is 9.71 Å². The van der Waals surface area contributed by atoms with Crippen LogP contribution >= 0.6 is 0 Å². The molecule has 3 N–H and O–H groups in total. The molecule has 0 aliphatic rings. The molecular weight excluding hydrogens is 274 g/mol. The van der Waals surface area contributed by atoms with Crippen LogP contribution < -0.4 is 10.5 Å². The fourth-order valence-corrected chi connectivity index (χ4v) is 3.46. The fraction of sp³-hybridized carbons (Fsp3) is 0.214. The maximum absolute atomic E-state index is 12.5. The third-order valence-corrected chi connectivity index (χ3v) is 4.71. The molecule has 0 aliphatic carbocycles. The van der Waals surface area contributed by atoms with Crippen molar-refractivity contribution in [2.45, 2.75) is 25.7 Å². The predicted octanol–water partition coefficient (Wildman–Crippen LogP) is 2.39. The molecule has 1 heterocycles. The normalized spacial score (nSPS) is 11.3. The molecule has 2 aromatic rings. The first-order valence-corrected chi connectivity index (χ1v) is 7.61. The number of nitrogens with two attached hydrogens (primary N) is 1. The molecule has 0 saturated heterocycles. The Balaban J connectivity index is 2.49. The van der Waals surface area contributed by atoms with E-state index < -0.39 is 10.0 Å². The van der Waals surface area contributed by atoms with E-state index in [1.54, 1.807) is 44.3 Å². The Bertz CT molecular complexity index is 755. The lowest BCUT2D eigenvalue weighted by molar-refractivity contribution is 0.601. The molecule has 0 amide bonds. The Labute approximate surface area is 118 Å². The van der Waals surface area contributed by atoms with Crippen LogP contribution in [-0.4, -0.2) is 13.4 Å². The minimum atomic E-state index is -3.72. The van der Waals surface area contributed by atoms with Gasteiger partial charge in [-0.15, -0.1) is 0 Å². The number of sulfonamides is 1. The molecule has 2 rings (SSSR count). The molecule has 0 unspecified atom stereocenters. The lowest BCUT2D eigenvalue weighted by atomic mass is 10.1. The highest BCUT2D eigenvalue weighted by molar-refractivity contribution is 7.93. The largest absolute Gasteiger partial charge is 0.398 e. The van der Waals surface area contributed by atoms with Gasteiger partial charge in [0, 0.05) is 11.9 Å². The van der Waals surface area contributed by atoms with Crippen LogP contribution in [0.15, 0.2) is 35.4 Å². The van der Waals surface area contributed by atoms with Crippen LogP contribution in [0.5, 0.6) is 0 Å². The summed E-state index contributed by atoms with van der Waals surface area (Å²) in [7, 11) is -3.72. The summed E-state index contributed by atoms with van der Waals surface area (Å²) in [4.78, 5) is 4.16. The summed E-state index contributed by atoms with van der Waals surface area (Å²) in [6.07, 6.45) is 1.56. The van der Waals surface area contributed by atoms with Crippen LogP contribution in [0, 0.1) is 20.8 Å². The summed E-state index contributed by atoms with van der Waals surface area (Å²) >= 11 is 0. The first-order chi connectivity index (χ1) is 9.31. The van der Waals surface area contributed by atoms with E-state index in [9.17, 15) is 8.42 Å². The summed E-state index contributed by atoms with van der Waals surface area (Å²) in [6.45, 7) is 5.40. The Morgan fingerprint density at radius 1 is 1.15 bits per heavy atom. The second-order valence-corrected chi connectivity index (χ2v) is 6.34. The summed E-state index contributed by atoms with van der Waals surface area (Å²) in [5.41, 5.74) is 8.81. The van der Waals surface area contributed by atoms with Gasteiger partial charge < -0.3 is 5.73 Å². The number of nitrogen functional groups attached to an aromatic ring is 1. The highest BCUT2D eigenvalue weighted by Crippen LogP contribution is 2.27. The fourth-order valence-electron chi connectivity index (χ4n) is 1.98. The SMILES string of the molecule is Cc1cc(NS(=O)(=O)c2c(N)ccc(C)c2C)ccn1. The van der Waals surface area contributed by atoms with Gasteiger partial charge in [-0.1, -0.05) is 6.07 Å². The molecule has 5 nitrogen and oxygen atoms in total. The number of aromatic nitrogens is 1. The molecule has 1 aromatic heterocycles. The van der Waals surface area contributed by atoms with Gasteiger partial charge in [0.25, 0.3) is 10.0 Å². The van der Waals surface area contributed by atoms with Gasteiger partial charge in [0.2, 0.25) is 0 Å². The van der Waals surface area contributed by atoms with E-state index in [-0.39, 0.29) is 10.6 Å². The zero-order chi connectivity index (χ0) is 14.9. The van der Waals surface area contributed by atoms with Gasteiger partial charge in [-0.3, -0.25) is 9.71 Å². The molecule has 0 spiro atoms. The highest BCUT2D eigenvalue weighted by atomic mass is 32.2. The van der Waals surface area contributed by atoms with Crippen molar-refractivity contribution in [1.82, 2.24) is 4.98 Å². The third kappa shape index (κ3) is 2.75. The van der Waals surface area contributed by atoms with Crippen molar-refractivity contribution in [1.29, 1.82) is 0 Å². The quantitative estimate of drug-likeness (QED) is 0.850. The minimum absolute atomic E-state index is 0.131. The Kier molecular flexibility index (Phi) is 3.67. The smallest absolute Gasteiger partial charge is 0.264 e. The number of aryl methyl sites for hydroxylation is 2. The van der Waals surface area contributed by atoms with E-state index in [0.717, 1.165) is 11.3 Å². The van der Waals surface area contributed by atoms with Crippen molar-refractivity contribution in [3.05, 3.63) is 47.3 Å². The van der Waals surface area contributed by atoms with Gasteiger partial charge in [0.15, 0.2) is 0 Å². The van der Waals surface area contributed by atoms with E-state index in [1.807, 2.05) is 6.92 Å². The molecule has 1 aromatic carbocycles. The van der Waals surface area contributed by atoms with E-state index in [0.29, 0.717) is 11.3 Å². The van der Waals surface area contributed by atoms with Gasteiger partial charge in [0.05, 0.1) is 11.4 Å². The third-order valence-electron chi connectivity index (χ3n) is 3.12. The zero-order valence-corrected chi connectivity index (χ0v) is 12.5. The van der Waals surface area contributed by atoms with E-state index >= 15 is 0 Å². The van der Waals surface area contributed by atoms with Crippen LogP contribution in [0.25, 0.3) is 0 Å². The highest BCUT2D eigenvalue weighted by Gasteiger charge is 2.21. The lowest BCUT2D eigenvalue weighted by Gasteiger charge is -2.14. The number of benzene rings is 1. The van der Waals surface area contributed by atoms with Crippen LogP contribution in [0.3, 0.4) is 0 Å². The summed E-state index contributed by atoms with van der Waals surface area (Å²) in [5.74, 6) is 0. The standard InChI is InChI=1S/C14H17N3O2S/c1-9-4-5-13(15)14(11(9)3)20(18,19)17-12-6-7-16-10(2)8-12/h4-8H,15H2,1-3H3,(H,16,17). The summed E-state index contributed by atoms with van der Waals surface area (Å²) in [5, 5.41) is 0. The monoisotopic (exact) mass is 291 g/mol. The Morgan fingerprint density at radius 3 is 2.50 bits per heavy atom. The van der Waals surface area contributed by atoms with Crippen molar-refractivity contribution in [2.24, 2.45) is 0 Å². The summed E-state index contributed by atoms with van der Waals surface area (Å²) < 4.78 is 27.5. The maximum atomic E-state index is 12.5. The van der Waals surface area contributed by atoms with Gasteiger partial charge in [0.1, 0.15) is 4.90 Å². The van der Waals surface area contributed by atoms with Crippen LogP contribution in [0.1, 0.15) is 16.8 Å². The van der Waals surface area contributed by atoms with Gasteiger partial charge in [-0.2, -0.15) is 0 Å². The molecular formula is C14H17N3O2S. The van der Waals surface area contributed by atoms with Crippen LogP contribution in [-0.2, 0) is 10.0 Å². The second kappa shape index (κ2) is 5.13. The molecule has 0 radical (unpaired) electrons. The Hall–Kier alpha value is -2.08. The molecule has 0 fully saturated rings. The van der Waals surface area contributed by atoms with Crippen molar-refractivity contribution < 1.29 is 8.42 Å².